The number of rotatable bonds is 5. The van der Waals surface area contributed by atoms with E-state index in [2.05, 4.69) is 15.2 Å². The molecule has 9 heteroatoms. The van der Waals surface area contributed by atoms with Crippen LogP contribution in [0.5, 0.6) is 5.75 Å². The minimum atomic E-state index is -1.46. The molecule has 0 N–H and O–H groups in total. The van der Waals surface area contributed by atoms with Gasteiger partial charge in [-0.15, -0.1) is 10.2 Å². The number of fused-ring (bicyclic) bond motifs is 1. The molecule has 1 aliphatic heterocycles. The number of halogens is 3. The molecule has 0 saturated carbocycles. The summed E-state index contributed by atoms with van der Waals surface area (Å²) in [6.07, 6.45) is 8.85. The summed E-state index contributed by atoms with van der Waals surface area (Å²) >= 11 is 0. The molecule has 0 spiro atoms. The molecular formula is C25H22F3N5O. The van der Waals surface area contributed by atoms with Crippen molar-refractivity contribution in [2.45, 2.75) is 32.2 Å². The van der Waals surface area contributed by atoms with E-state index in [1.165, 1.54) is 0 Å². The maximum absolute atomic E-state index is 13.8. The third kappa shape index (κ3) is 3.98. The lowest BCUT2D eigenvalue weighted by Gasteiger charge is -2.23. The highest BCUT2D eigenvalue weighted by atomic mass is 19.2. The van der Waals surface area contributed by atoms with Crippen molar-refractivity contribution in [3.05, 3.63) is 88.8 Å². The predicted molar refractivity (Wildman–Crippen MR) is 121 cm³/mol. The Morgan fingerprint density at radius 3 is 2.56 bits per heavy atom. The van der Waals surface area contributed by atoms with Crippen LogP contribution in [0.4, 0.5) is 13.2 Å². The summed E-state index contributed by atoms with van der Waals surface area (Å²) in [5.74, 6) is -2.27. The third-order valence-corrected chi connectivity index (χ3v) is 6.02. The van der Waals surface area contributed by atoms with Gasteiger partial charge in [0.15, 0.2) is 23.3 Å². The van der Waals surface area contributed by atoms with E-state index < -0.39 is 17.5 Å². The van der Waals surface area contributed by atoms with Gasteiger partial charge in [0, 0.05) is 18.7 Å². The molecule has 0 radical (unpaired) electrons. The number of ether oxygens (including phenoxy) is 1. The van der Waals surface area contributed by atoms with Crippen LogP contribution in [-0.2, 0) is 6.54 Å². The largest absolute Gasteiger partial charge is 0.495 e. The molecule has 1 atom stereocenters. The van der Waals surface area contributed by atoms with Gasteiger partial charge >= 0.3 is 0 Å². The summed E-state index contributed by atoms with van der Waals surface area (Å²) in [5.41, 5.74) is 3.05. The van der Waals surface area contributed by atoms with Gasteiger partial charge < -0.3 is 13.9 Å². The van der Waals surface area contributed by atoms with Crippen LogP contribution in [0.25, 0.3) is 17.8 Å². The van der Waals surface area contributed by atoms with Gasteiger partial charge in [0.05, 0.1) is 24.8 Å². The van der Waals surface area contributed by atoms with Crippen molar-refractivity contribution < 1.29 is 17.9 Å². The van der Waals surface area contributed by atoms with Gasteiger partial charge in [0.2, 0.25) is 0 Å². The quantitative estimate of drug-likeness (QED) is 0.376. The van der Waals surface area contributed by atoms with Crippen molar-refractivity contribution in [3.8, 4) is 11.4 Å². The molecule has 1 aliphatic rings. The first kappa shape index (κ1) is 21.9. The van der Waals surface area contributed by atoms with E-state index in [4.69, 9.17) is 4.74 Å². The lowest BCUT2D eigenvalue weighted by atomic mass is 9.90. The molecule has 0 bridgehead atoms. The number of aryl methyl sites for hydroxylation is 1. The van der Waals surface area contributed by atoms with Crippen LogP contribution in [0.2, 0.25) is 0 Å². The van der Waals surface area contributed by atoms with Crippen molar-refractivity contribution in [2.24, 2.45) is 0 Å². The summed E-state index contributed by atoms with van der Waals surface area (Å²) in [4.78, 5) is 4.26. The van der Waals surface area contributed by atoms with E-state index in [9.17, 15) is 13.2 Å². The molecule has 0 saturated heterocycles. The Morgan fingerprint density at radius 2 is 1.85 bits per heavy atom. The van der Waals surface area contributed by atoms with Crippen molar-refractivity contribution in [1.82, 2.24) is 24.3 Å². The second-order valence-electron chi connectivity index (χ2n) is 8.25. The van der Waals surface area contributed by atoms with E-state index in [0.29, 0.717) is 35.9 Å². The topological polar surface area (TPSA) is 57.8 Å². The smallest absolute Gasteiger partial charge is 0.194 e. The highest BCUT2D eigenvalue weighted by Crippen LogP contribution is 2.34. The Kier molecular flexibility index (Phi) is 5.69. The van der Waals surface area contributed by atoms with Crippen LogP contribution >= 0.6 is 0 Å². The second-order valence-corrected chi connectivity index (χ2v) is 8.25. The lowest BCUT2D eigenvalue weighted by Crippen LogP contribution is -2.18. The van der Waals surface area contributed by atoms with Crippen LogP contribution in [0, 0.1) is 24.4 Å². The maximum Gasteiger partial charge on any atom is 0.194 e. The number of imidazole rings is 1. The molecule has 174 valence electrons. The summed E-state index contributed by atoms with van der Waals surface area (Å²) in [6.45, 7) is 2.61. The van der Waals surface area contributed by atoms with Gasteiger partial charge in [-0.05, 0) is 61.2 Å². The summed E-state index contributed by atoms with van der Waals surface area (Å²) < 4.78 is 50.4. The molecule has 34 heavy (non-hydrogen) atoms. The third-order valence-electron chi connectivity index (χ3n) is 6.02. The lowest BCUT2D eigenvalue weighted by molar-refractivity contribution is 0.413. The Hall–Kier alpha value is -3.88. The molecule has 0 amide bonds. The molecule has 3 heterocycles. The Balaban J connectivity index is 1.43. The summed E-state index contributed by atoms with van der Waals surface area (Å²) in [6, 6.07) is 7.91. The normalized spacial score (nSPS) is 15.6. The fourth-order valence-corrected chi connectivity index (χ4v) is 4.35. The second kappa shape index (κ2) is 8.81. The van der Waals surface area contributed by atoms with Gasteiger partial charge in [0.25, 0.3) is 0 Å². The van der Waals surface area contributed by atoms with Gasteiger partial charge in [-0.25, -0.2) is 18.2 Å². The predicted octanol–water partition coefficient (Wildman–Crippen LogP) is 5.29. The SMILES string of the molecule is COc1cc(C=Cc2nnc3n2CCC[C@H]3c2cc(F)c(F)c(F)c2)ccc1-n1cnc(C)c1. The van der Waals surface area contributed by atoms with E-state index in [1.54, 1.807) is 13.4 Å². The molecule has 2 aromatic carbocycles. The van der Waals surface area contributed by atoms with Gasteiger partial charge in [-0.1, -0.05) is 12.1 Å². The molecule has 6 nitrogen and oxygen atoms in total. The Morgan fingerprint density at radius 1 is 1.06 bits per heavy atom. The van der Waals surface area contributed by atoms with Crippen LogP contribution in [0.15, 0.2) is 42.9 Å². The number of aromatic nitrogens is 5. The number of nitrogens with zero attached hydrogens (tertiary/aromatic N) is 5. The van der Waals surface area contributed by atoms with E-state index in [1.807, 2.05) is 52.6 Å². The van der Waals surface area contributed by atoms with Crippen molar-refractivity contribution in [1.29, 1.82) is 0 Å². The zero-order chi connectivity index (χ0) is 23.8. The van der Waals surface area contributed by atoms with E-state index in [-0.39, 0.29) is 5.92 Å². The molecule has 2 aromatic heterocycles. The summed E-state index contributed by atoms with van der Waals surface area (Å²) in [5, 5.41) is 8.57. The van der Waals surface area contributed by atoms with Crippen molar-refractivity contribution in [2.75, 3.05) is 7.11 Å². The Bertz CT molecular complexity index is 1370. The molecule has 0 aliphatic carbocycles. The molecule has 0 fully saturated rings. The van der Waals surface area contributed by atoms with Crippen molar-refractivity contribution in [3.63, 3.8) is 0 Å². The Labute approximate surface area is 194 Å². The minimum absolute atomic E-state index is 0.356. The fraction of sp³-hybridized carbons (Fsp3) is 0.240. The summed E-state index contributed by atoms with van der Waals surface area (Å²) in [7, 11) is 1.62. The van der Waals surface area contributed by atoms with Gasteiger partial charge in [-0.2, -0.15) is 0 Å². The number of hydrogen-bond donors (Lipinski definition) is 0. The zero-order valence-electron chi connectivity index (χ0n) is 18.7. The van der Waals surface area contributed by atoms with E-state index in [0.717, 1.165) is 35.5 Å². The monoisotopic (exact) mass is 465 g/mol. The minimum Gasteiger partial charge on any atom is -0.495 e. The zero-order valence-corrected chi connectivity index (χ0v) is 18.7. The molecule has 4 aromatic rings. The highest BCUT2D eigenvalue weighted by molar-refractivity contribution is 5.69. The standard InChI is InChI=1S/C25H22F3N5O/c1-15-13-32(14-29-15)21-7-5-16(10-22(21)34-2)6-8-23-30-31-25-18(4-3-9-33(23)25)17-11-19(26)24(28)20(27)12-17/h5-8,10-14,18H,3-4,9H2,1-2H3/t18-/m0/s1. The highest BCUT2D eigenvalue weighted by Gasteiger charge is 2.27. The van der Waals surface area contributed by atoms with E-state index >= 15 is 0 Å². The molecule has 0 unspecified atom stereocenters. The first-order valence-electron chi connectivity index (χ1n) is 10.9. The number of benzene rings is 2. The number of methoxy groups -OCH3 is 1. The molecule has 5 rings (SSSR count). The average Bonchev–Trinajstić information content (AvgIpc) is 3.46. The fourth-order valence-electron chi connectivity index (χ4n) is 4.35. The van der Waals surface area contributed by atoms with Crippen LogP contribution in [-0.4, -0.2) is 31.4 Å². The van der Waals surface area contributed by atoms with Gasteiger partial charge in [0.1, 0.15) is 11.6 Å². The van der Waals surface area contributed by atoms with Crippen LogP contribution < -0.4 is 4.74 Å². The van der Waals surface area contributed by atoms with Crippen LogP contribution in [0.3, 0.4) is 0 Å². The van der Waals surface area contributed by atoms with Crippen molar-refractivity contribution >= 4 is 12.2 Å². The van der Waals surface area contributed by atoms with Crippen LogP contribution in [0.1, 0.15) is 47.2 Å². The average molecular weight is 465 g/mol. The first-order valence-corrected chi connectivity index (χ1v) is 10.9. The maximum atomic E-state index is 13.8. The number of hydrogen-bond acceptors (Lipinski definition) is 4. The molecular weight excluding hydrogens is 443 g/mol. The first-order chi connectivity index (χ1) is 16.4. The van der Waals surface area contributed by atoms with Gasteiger partial charge in [-0.3, -0.25) is 0 Å².